The third-order valence-corrected chi connectivity index (χ3v) is 7.88. The molecule has 1 aromatic carbocycles. The minimum atomic E-state index is -0.0501. The maximum absolute atomic E-state index is 13.6. The lowest BCUT2D eigenvalue weighted by Crippen LogP contribution is -2.25. The van der Waals surface area contributed by atoms with E-state index >= 15 is 0 Å². The lowest BCUT2D eigenvalue weighted by molar-refractivity contribution is 0.147. The molecule has 0 aliphatic heterocycles. The van der Waals surface area contributed by atoms with Gasteiger partial charge in [0.05, 0.1) is 0 Å². The van der Waals surface area contributed by atoms with Crippen molar-refractivity contribution < 1.29 is 4.39 Å². The minimum Gasteiger partial charge on any atom is -0.207 e. The predicted molar refractivity (Wildman–Crippen MR) is 110 cm³/mol. The molecule has 2 saturated carbocycles. The topological polar surface area (TPSA) is 0 Å². The van der Waals surface area contributed by atoms with Gasteiger partial charge in [-0.1, -0.05) is 56.7 Å². The molecule has 0 bridgehead atoms. The summed E-state index contributed by atoms with van der Waals surface area (Å²) in [5.41, 5.74) is 1.92. The van der Waals surface area contributed by atoms with Gasteiger partial charge < -0.3 is 0 Å². The van der Waals surface area contributed by atoms with Gasteiger partial charge in [-0.2, -0.15) is 0 Å². The second-order valence-corrected chi connectivity index (χ2v) is 9.50. The van der Waals surface area contributed by atoms with Crippen LogP contribution in [0.3, 0.4) is 0 Å². The van der Waals surface area contributed by atoms with Crippen LogP contribution in [-0.4, -0.2) is 10.2 Å². The Balaban J connectivity index is 1.30. The minimum absolute atomic E-state index is 0.0501. The summed E-state index contributed by atoms with van der Waals surface area (Å²) in [4.78, 5) is 0. The van der Waals surface area contributed by atoms with E-state index in [1.807, 2.05) is 13.0 Å². The molecule has 2 aliphatic rings. The molecule has 1 aromatic rings. The number of hydrogen-bond acceptors (Lipinski definition) is 0. The average Bonchev–Trinajstić information content (AvgIpc) is 2.68. The Morgan fingerprint density at radius 2 is 1.50 bits per heavy atom. The van der Waals surface area contributed by atoms with E-state index in [2.05, 4.69) is 16.3 Å². The monoisotopic (exact) mass is 371 g/mol. The molecule has 0 nitrogen and oxygen atoms in total. The standard InChI is InChI=1S/C24H36FSi/c1-18-6-7-20(16-24(18)25)5-3-2-4-19-8-12-22(13-9-19)23-14-10-21(17-26)11-15-23/h6-7,16,19,21-23H,2-5,8-15,17H2,1H3. The molecule has 0 amide bonds. The summed E-state index contributed by atoms with van der Waals surface area (Å²) < 4.78 is 13.6. The van der Waals surface area contributed by atoms with Gasteiger partial charge in [-0.3, -0.25) is 0 Å². The van der Waals surface area contributed by atoms with Gasteiger partial charge >= 0.3 is 0 Å². The molecule has 0 heterocycles. The van der Waals surface area contributed by atoms with Crippen molar-refractivity contribution >= 4 is 10.2 Å². The molecule has 3 rings (SSSR count). The Labute approximate surface area is 163 Å². The molecule has 0 atom stereocenters. The van der Waals surface area contributed by atoms with Crippen LogP contribution in [0.1, 0.15) is 81.8 Å². The third-order valence-electron chi connectivity index (χ3n) is 7.30. The molecule has 26 heavy (non-hydrogen) atoms. The molecule has 0 spiro atoms. The Bertz CT molecular complexity index is 539. The van der Waals surface area contributed by atoms with Crippen LogP contribution in [0.15, 0.2) is 18.2 Å². The fourth-order valence-corrected chi connectivity index (χ4v) is 5.77. The first-order valence-corrected chi connectivity index (χ1v) is 11.8. The highest BCUT2D eigenvalue weighted by Gasteiger charge is 2.30. The van der Waals surface area contributed by atoms with E-state index in [9.17, 15) is 4.39 Å². The molecule has 143 valence electrons. The zero-order valence-electron chi connectivity index (χ0n) is 16.6. The van der Waals surface area contributed by atoms with E-state index in [4.69, 9.17) is 0 Å². The van der Waals surface area contributed by atoms with Crippen LogP contribution in [0.5, 0.6) is 0 Å². The summed E-state index contributed by atoms with van der Waals surface area (Å²) in [6, 6.07) is 6.93. The van der Waals surface area contributed by atoms with Gasteiger partial charge in [0.2, 0.25) is 0 Å². The first-order chi connectivity index (χ1) is 12.7. The number of unbranched alkanes of at least 4 members (excludes halogenated alkanes) is 1. The first kappa shape index (κ1) is 20.1. The van der Waals surface area contributed by atoms with Crippen molar-refractivity contribution in [2.75, 3.05) is 0 Å². The zero-order valence-corrected chi connectivity index (χ0v) is 17.6. The van der Waals surface area contributed by atoms with Crippen molar-refractivity contribution in [3.05, 3.63) is 35.1 Å². The van der Waals surface area contributed by atoms with Crippen molar-refractivity contribution in [2.45, 2.75) is 90.0 Å². The van der Waals surface area contributed by atoms with Crippen molar-refractivity contribution in [3.63, 3.8) is 0 Å². The Kier molecular flexibility index (Phi) is 7.78. The van der Waals surface area contributed by atoms with E-state index in [1.165, 1.54) is 76.7 Å². The Hall–Kier alpha value is -0.633. The van der Waals surface area contributed by atoms with Gasteiger partial charge in [-0.05, 0) is 86.3 Å². The quantitative estimate of drug-likeness (QED) is 0.356. The fraction of sp³-hybridized carbons (Fsp3) is 0.750. The largest absolute Gasteiger partial charge is 0.207 e. The number of halogens is 1. The zero-order chi connectivity index (χ0) is 18.4. The van der Waals surface area contributed by atoms with E-state index in [1.54, 1.807) is 6.07 Å². The van der Waals surface area contributed by atoms with Crippen molar-refractivity contribution in [1.82, 2.24) is 0 Å². The number of rotatable bonds is 7. The van der Waals surface area contributed by atoms with Gasteiger partial charge in [-0.15, -0.1) is 0 Å². The average molecular weight is 372 g/mol. The van der Waals surface area contributed by atoms with Crippen LogP contribution in [0.2, 0.25) is 6.04 Å². The summed E-state index contributed by atoms with van der Waals surface area (Å²) in [7, 11) is 3.72. The summed E-state index contributed by atoms with van der Waals surface area (Å²) >= 11 is 0. The summed E-state index contributed by atoms with van der Waals surface area (Å²) in [5.74, 6) is 3.91. The second kappa shape index (κ2) is 10.1. The van der Waals surface area contributed by atoms with Crippen LogP contribution >= 0.6 is 0 Å². The van der Waals surface area contributed by atoms with E-state index in [-0.39, 0.29) is 5.82 Å². The maximum Gasteiger partial charge on any atom is 0.126 e. The van der Waals surface area contributed by atoms with E-state index < -0.39 is 0 Å². The van der Waals surface area contributed by atoms with Crippen LogP contribution in [0.4, 0.5) is 4.39 Å². The van der Waals surface area contributed by atoms with Gasteiger partial charge in [0, 0.05) is 10.2 Å². The normalized spacial score (nSPS) is 29.7. The number of hydrogen-bond donors (Lipinski definition) is 0. The van der Waals surface area contributed by atoms with Gasteiger partial charge in [0.15, 0.2) is 0 Å². The van der Waals surface area contributed by atoms with Crippen LogP contribution in [0, 0.1) is 36.4 Å². The molecular weight excluding hydrogens is 335 g/mol. The van der Waals surface area contributed by atoms with Gasteiger partial charge in [0.25, 0.3) is 0 Å². The highest BCUT2D eigenvalue weighted by atomic mass is 28.1. The molecular formula is C24H36FSi. The number of benzene rings is 1. The van der Waals surface area contributed by atoms with Crippen LogP contribution in [-0.2, 0) is 6.42 Å². The van der Waals surface area contributed by atoms with Crippen LogP contribution < -0.4 is 0 Å². The first-order valence-electron chi connectivity index (χ1n) is 11.0. The molecule has 0 saturated heterocycles. The Morgan fingerprint density at radius 3 is 2.08 bits per heavy atom. The molecule has 0 N–H and O–H groups in total. The molecule has 0 aromatic heterocycles. The number of aryl methyl sites for hydroxylation is 2. The molecule has 2 heteroatoms. The molecule has 2 fully saturated rings. The molecule has 3 radical (unpaired) electrons. The lowest BCUT2D eigenvalue weighted by atomic mass is 9.69. The third kappa shape index (κ3) is 5.68. The predicted octanol–water partition coefficient (Wildman–Crippen LogP) is 7.05. The van der Waals surface area contributed by atoms with Gasteiger partial charge in [0.1, 0.15) is 5.82 Å². The lowest BCUT2D eigenvalue weighted by Gasteiger charge is -2.37. The molecule has 0 unspecified atom stereocenters. The molecule has 2 aliphatic carbocycles. The van der Waals surface area contributed by atoms with E-state index in [0.717, 1.165) is 41.2 Å². The summed E-state index contributed by atoms with van der Waals surface area (Å²) in [5, 5.41) is 0. The highest BCUT2D eigenvalue weighted by molar-refractivity contribution is 6.08. The maximum atomic E-state index is 13.6. The second-order valence-electron chi connectivity index (χ2n) is 9.10. The van der Waals surface area contributed by atoms with Crippen molar-refractivity contribution in [3.8, 4) is 0 Å². The highest BCUT2D eigenvalue weighted by Crippen LogP contribution is 2.42. The van der Waals surface area contributed by atoms with Crippen molar-refractivity contribution in [1.29, 1.82) is 0 Å². The summed E-state index contributed by atoms with van der Waals surface area (Å²) in [6.07, 6.45) is 16.7. The smallest absolute Gasteiger partial charge is 0.126 e. The summed E-state index contributed by atoms with van der Waals surface area (Å²) in [6.45, 7) is 1.84. The van der Waals surface area contributed by atoms with Crippen LogP contribution in [0.25, 0.3) is 0 Å². The fourth-order valence-electron chi connectivity index (χ4n) is 5.37. The van der Waals surface area contributed by atoms with Gasteiger partial charge in [-0.25, -0.2) is 4.39 Å². The van der Waals surface area contributed by atoms with Crippen molar-refractivity contribution in [2.24, 2.45) is 23.7 Å². The Morgan fingerprint density at radius 1 is 0.885 bits per heavy atom. The van der Waals surface area contributed by atoms with E-state index in [0.29, 0.717) is 0 Å². The SMILES string of the molecule is Cc1ccc(CCCCC2CCC(C3CCC(C[Si])CC3)CC2)cc1F.